The zero-order chi connectivity index (χ0) is 32.8. The third kappa shape index (κ3) is 7.93. The molecule has 4 atom stereocenters. The Kier molecular flexibility index (Phi) is 11.4. The lowest BCUT2D eigenvalue weighted by molar-refractivity contribution is -0.141. The summed E-state index contributed by atoms with van der Waals surface area (Å²) in [5, 5.41) is 30.3. The van der Waals surface area contributed by atoms with E-state index in [1.807, 2.05) is 42.5 Å². The van der Waals surface area contributed by atoms with Crippen LogP contribution in [0.3, 0.4) is 0 Å². The monoisotopic (exact) mass is 693 g/mol. The summed E-state index contributed by atoms with van der Waals surface area (Å²) >= 11 is 3.47. The molecule has 0 aromatic heterocycles. The number of nitrogens with zero attached hydrogens (tertiary/aromatic N) is 1. The fraction of sp³-hybridized carbons (Fsp3) is 0.457. The Bertz CT molecular complexity index is 1490. The number of fused-ring (bicyclic) bond motifs is 3. The van der Waals surface area contributed by atoms with E-state index in [4.69, 9.17) is 14.5 Å². The summed E-state index contributed by atoms with van der Waals surface area (Å²) < 4.78 is 13.2. The fourth-order valence-electron chi connectivity index (χ4n) is 7.12. The van der Waals surface area contributed by atoms with Crippen LogP contribution < -0.4 is 4.74 Å². The lowest BCUT2D eigenvalue weighted by Gasteiger charge is -2.43. The number of hydrogen-bond donors (Lipinski definition) is 3. The first kappa shape index (κ1) is 33.9. The zero-order valence-electron chi connectivity index (χ0n) is 26.1. The summed E-state index contributed by atoms with van der Waals surface area (Å²) in [4.78, 5) is 39.8. The Balaban J connectivity index is 1.40. The Morgan fingerprint density at radius 3 is 2.61 bits per heavy atom. The molecule has 0 radical (unpaired) electrons. The number of allylic oxidation sites excluding steroid dienone is 1. The molecule has 2 aromatic carbocycles. The van der Waals surface area contributed by atoms with Crippen LogP contribution in [0.4, 0.5) is 0 Å². The van der Waals surface area contributed by atoms with E-state index in [1.165, 1.54) is 4.90 Å². The number of likely N-dealkylation sites (tertiary alicyclic amines) is 1. The molecule has 3 N–H and O–H groups in total. The molecule has 46 heavy (non-hydrogen) atoms. The van der Waals surface area contributed by atoms with Gasteiger partial charge in [-0.3, -0.25) is 19.3 Å². The molecule has 3 aliphatic rings. The normalized spacial score (nSPS) is 23.1. The molecule has 9 nitrogen and oxygen atoms in total. The minimum absolute atomic E-state index is 0.0611. The van der Waals surface area contributed by atoms with Gasteiger partial charge in [-0.1, -0.05) is 59.1 Å². The first-order chi connectivity index (χ1) is 22.2. The number of para-hydroxylation sites is 1. The molecule has 244 valence electrons. The number of carbonyl (C=O) groups is 3. The number of carboxylic acids is 1. The van der Waals surface area contributed by atoms with Crippen LogP contribution in [0.25, 0.3) is 6.08 Å². The van der Waals surface area contributed by atoms with Gasteiger partial charge < -0.3 is 24.6 Å². The fourth-order valence-corrected chi connectivity index (χ4v) is 7.50. The first-order valence-electron chi connectivity index (χ1n) is 16.1. The molecule has 0 bridgehead atoms. The molecule has 2 aliphatic heterocycles. The van der Waals surface area contributed by atoms with Crippen molar-refractivity contribution in [1.29, 1.82) is 0 Å². The van der Waals surface area contributed by atoms with E-state index >= 15 is 0 Å². The highest BCUT2D eigenvalue weighted by Crippen LogP contribution is 2.50. The molecular formula is C35H41BBrNO8. The number of phenols is 1. The second kappa shape index (κ2) is 15.5. The third-order valence-electron chi connectivity index (χ3n) is 9.36. The number of ether oxygens (including phenoxy) is 1. The molecule has 2 fully saturated rings. The number of hydrogen-bond acceptors (Lipinski definition) is 7. The first-order valence-corrected chi connectivity index (χ1v) is 16.9. The van der Waals surface area contributed by atoms with Crippen molar-refractivity contribution in [3.8, 4) is 11.5 Å². The molecule has 0 spiro atoms. The molecule has 11 heteroatoms. The Morgan fingerprint density at radius 2 is 1.87 bits per heavy atom. The predicted octanol–water partition coefficient (Wildman–Crippen LogP) is 6.25. The number of carboxylic acid groups (broad SMARTS) is 1. The Morgan fingerprint density at radius 1 is 1.09 bits per heavy atom. The number of rotatable bonds is 14. The summed E-state index contributed by atoms with van der Waals surface area (Å²) in [6.07, 6.45) is 5.78. The SMILES string of the molecule is CC/C(=C\c1cc(Br)ccc1O)CC[C@H]1OB(O)C[C@H]2C1=C(COc1ccccc1)C[C@H]1C(=O)N(CCCCCC(=O)O)C(=O)[C@H]12. The van der Waals surface area contributed by atoms with Crippen molar-refractivity contribution in [2.24, 2.45) is 17.8 Å². The second-order valence-electron chi connectivity index (χ2n) is 12.3. The van der Waals surface area contributed by atoms with Gasteiger partial charge in [0.25, 0.3) is 0 Å². The van der Waals surface area contributed by atoms with Gasteiger partial charge in [-0.15, -0.1) is 0 Å². The van der Waals surface area contributed by atoms with Crippen molar-refractivity contribution in [3.05, 3.63) is 75.3 Å². The Hall–Kier alpha value is -3.41. The van der Waals surface area contributed by atoms with Gasteiger partial charge in [0.1, 0.15) is 18.1 Å². The minimum atomic E-state index is -1.08. The van der Waals surface area contributed by atoms with Crippen LogP contribution in [0.5, 0.6) is 11.5 Å². The van der Waals surface area contributed by atoms with Crippen molar-refractivity contribution in [2.45, 2.75) is 70.7 Å². The van der Waals surface area contributed by atoms with Gasteiger partial charge in [0.15, 0.2) is 0 Å². The highest BCUT2D eigenvalue weighted by atomic mass is 79.9. The van der Waals surface area contributed by atoms with Gasteiger partial charge in [-0.25, -0.2) is 0 Å². The number of benzene rings is 2. The van der Waals surface area contributed by atoms with Crippen LogP contribution in [-0.2, 0) is 19.0 Å². The van der Waals surface area contributed by atoms with Crippen LogP contribution in [0, 0.1) is 17.8 Å². The summed E-state index contributed by atoms with van der Waals surface area (Å²) in [5.74, 6) is -1.87. The number of amides is 2. The van der Waals surface area contributed by atoms with Crippen LogP contribution in [0.1, 0.15) is 63.9 Å². The van der Waals surface area contributed by atoms with Crippen LogP contribution >= 0.6 is 15.9 Å². The van der Waals surface area contributed by atoms with Crippen molar-refractivity contribution < 1.29 is 39.0 Å². The van der Waals surface area contributed by atoms with Crippen molar-refractivity contribution >= 4 is 46.9 Å². The standard InChI is InChI=1S/C35H41BBrNO8/c1-2-22(17-23-18-25(37)13-14-29(23)39)12-15-30-32-24(21-45-26-9-5-3-6-10-26)19-27-33(28(32)20-36(44)46-30)35(43)38(34(27)42)16-8-4-7-11-31(40)41/h3,5-6,9-10,13-14,17-18,27-28,30,33,39,44H,2,4,7-8,11-12,15-16,19-21H2,1H3,(H,40,41)/b22-17+/t27-,28+,30-,33-/m1/s1. The molecule has 2 saturated heterocycles. The maximum Gasteiger partial charge on any atom is 0.455 e. The summed E-state index contributed by atoms with van der Waals surface area (Å²) in [6, 6.07) is 14.7. The smallest absolute Gasteiger partial charge is 0.455 e. The number of halogens is 1. The van der Waals surface area contributed by atoms with Gasteiger partial charge >= 0.3 is 13.1 Å². The van der Waals surface area contributed by atoms with E-state index in [-0.39, 0.29) is 49.4 Å². The molecule has 0 saturated carbocycles. The van der Waals surface area contributed by atoms with E-state index in [2.05, 4.69) is 22.9 Å². The maximum absolute atomic E-state index is 13.8. The van der Waals surface area contributed by atoms with Crippen molar-refractivity contribution in [2.75, 3.05) is 13.2 Å². The van der Waals surface area contributed by atoms with E-state index in [1.54, 1.807) is 12.1 Å². The molecule has 2 heterocycles. The van der Waals surface area contributed by atoms with Gasteiger partial charge in [0.05, 0.1) is 17.9 Å². The lowest BCUT2D eigenvalue weighted by Crippen LogP contribution is -2.46. The van der Waals surface area contributed by atoms with Crippen LogP contribution in [-0.4, -0.2) is 64.3 Å². The van der Waals surface area contributed by atoms with Gasteiger partial charge in [0, 0.05) is 23.0 Å². The third-order valence-corrected chi connectivity index (χ3v) is 9.85. The summed E-state index contributed by atoms with van der Waals surface area (Å²) in [5.41, 5.74) is 3.70. The minimum Gasteiger partial charge on any atom is -0.507 e. The van der Waals surface area contributed by atoms with E-state index < -0.39 is 31.0 Å². The number of unbranched alkanes of at least 4 members (excludes halogenated alkanes) is 2. The molecule has 5 rings (SSSR count). The van der Waals surface area contributed by atoms with Crippen molar-refractivity contribution in [3.63, 3.8) is 0 Å². The quantitative estimate of drug-likeness (QED) is 0.0916. The maximum atomic E-state index is 13.8. The number of aromatic hydroxyl groups is 1. The van der Waals surface area contributed by atoms with Crippen LogP contribution in [0.15, 0.2) is 69.7 Å². The average Bonchev–Trinajstić information content (AvgIpc) is 3.27. The number of aliphatic carboxylic acids is 1. The second-order valence-corrected chi connectivity index (χ2v) is 13.3. The molecule has 2 aromatic rings. The van der Waals surface area contributed by atoms with Gasteiger partial charge in [-0.2, -0.15) is 0 Å². The van der Waals surface area contributed by atoms with E-state index in [0.29, 0.717) is 49.8 Å². The highest BCUT2D eigenvalue weighted by molar-refractivity contribution is 9.10. The molecule has 1 aliphatic carbocycles. The van der Waals surface area contributed by atoms with Crippen molar-refractivity contribution in [1.82, 2.24) is 4.90 Å². The number of imide groups is 1. The number of phenolic OH excluding ortho intramolecular Hbond substituents is 1. The summed E-state index contributed by atoms with van der Waals surface area (Å²) in [6.45, 7) is 2.56. The molecule has 2 amide bonds. The topological polar surface area (TPSA) is 134 Å². The summed E-state index contributed by atoms with van der Waals surface area (Å²) in [7, 11) is -1.08. The van der Waals surface area contributed by atoms with Crippen LogP contribution in [0.2, 0.25) is 6.32 Å². The highest BCUT2D eigenvalue weighted by Gasteiger charge is 2.57. The predicted molar refractivity (Wildman–Crippen MR) is 178 cm³/mol. The van der Waals surface area contributed by atoms with Gasteiger partial charge in [-0.05, 0) is 92.2 Å². The number of carbonyl (C=O) groups excluding carboxylic acids is 2. The molecule has 0 unspecified atom stereocenters. The Labute approximate surface area is 278 Å². The van der Waals surface area contributed by atoms with E-state index in [9.17, 15) is 24.5 Å². The molecular weight excluding hydrogens is 653 g/mol. The lowest BCUT2D eigenvalue weighted by atomic mass is 9.58. The largest absolute Gasteiger partial charge is 0.507 e. The zero-order valence-corrected chi connectivity index (χ0v) is 27.7. The van der Waals surface area contributed by atoms with E-state index in [0.717, 1.165) is 27.6 Å². The van der Waals surface area contributed by atoms with Gasteiger partial charge in [0.2, 0.25) is 11.8 Å². The average molecular weight is 694 g/mol.